The molecule has 1 heterocycles. The molecule has 2 aliphatic rings. The second-order valence-corrected chi connectivity index (χ2v) is 11.9. The Kier molecular flexibility index (Phi) is 9.01. The van der Waals surface area contributed by atoms with Gasteiger partial charge in [0.1, 0.15) is 17.6 Å². The molecule has 208 valence electrons. The van der Waals surface area contributed by atoms with Crippen LogP contribution in [0.3, 0.4) is 0 Å². The van der Waals surface area contributed by atoms with Crippen molar-refractivity contribution < 1.29 is 35.9 Å². The Bertz CT molecular complexity index is 1230. The van der Waals surface area contributed by atoms with Gasteiger partial charge in [0.15, 0.2) is 0 Å². The molecule has 1 aliphatic heterocycles. The zero-order valence-corrected chi connectivity index (χ0v) is 22.5. The number of ether oxygens (including phenoxy) is 2. The molecule has 0 spiro atoms. The third kappa shape index (κ3) is 7.68. The Morgan fingerprint density at radius 1 is 0.895 bits per heavy atom. The zero-order valence-electron chi connectivity index (χ0n) is 20.2. The number of hydrogen-bond acceptors (Lipinski definition) is 6. The fraction of sp³-hybridized carbons (Fsp3) is 0.480. The number of halogens is 5. The normalized spacial score (nSPS) is 21.6. The molecule has 13 heteroatoms. The van der Waals surface area contributed by atoms with Crippen LogP contribution in [0.2, 0.25) is 10.0 Å². The number of nitrogens with zero attached hydrogens (tertiary/aromatic N) is 1. The van der Waals surface area contributed by atoms with Crippen LogP contribution in [0.1, 0.15) is 38.5 Å². The van der Waals surface area contributed by atoms with Crippen molar-refractivity contribution in [3.63, 3.8) is 0 Å². The summed E-state index contributed by atoms with van der Waals surface area (Å²) < 4.78 is 73.9. The van der Waals surface area contributed by atoms with Crippen LogP contribution in [0.15, 0.2) is 47.4 Å². The molecule has 38 heavy (non-hydrogen) atoms. The van der Waals surface area contributed by atoms with Crippen LogP contribution in [0, 0.1) is 5.92 Å². The lowest BCUT2D eigenvalue weighted by Crippen LogP contribution is -2.46. The van der Waals surface area contributed by atoms with E-state index in [9.17, 15) is 26.4 Å². The minimum Gasteiger partial charge on any atom is -0.490 e. The summed E-state index contributed by atoms with van der Waals surface area (Å²) in [5.41, 5.74) is 0. The number of rotatable bonds is 7. The minimum atomic E-state index is -4.89. The van der Waals surface area contributed by atoms with Gasteiger partial charge in [-0.2, -0.15) is 0 Å². The lowest BCUT2D eigenvalue weighted by molar-refractivity contribution is -0.274. The largest absolute Gasteiger partial charge is 0.573 e. The summed E-state index contributed by atoms with van der Waals surface area (Å²) in [7, 11) is -4.22. The summed E-state index contributed by atoms with van der Waals surface area (Å²) >= 11 is 12.0. The van der Waals surface area contributed by atoms with Gasteiger partial charge in [-0.15, -0.1) is 13.2 Å². The van der Waals surface area contributed by atoms with E-state index in [4.69, 9.17) is 27.9 Å². The van der Waals surface area contributed by atoms with Gasteiger partial charge in [-0.3, -0.25) is 4.79 Å². The van der Waals surface area contributed by atoms with E-state index in [1.165, 1.54) is 0 Å². The highest BCUT2D eigenvalue weighted by Crippen LogP contribution is 2.32. The van der Waals surface area contributed by atoms with E-state index in [0.29, 0.717) is 34.7 Å². The predicted molar refractivity (Wildman–Crippen MR) is 136 cm³/mol. The molecule has 2 aromatic carbocycles. The lowest BCUT2D eigenvalue weighted by Gasteiger charge is -2.40. The number of carbonyl (C=O) groups excluding carboxylic acids is 1. The number of amides is 1. The molecule has 2 fully saturated rings. The monoisotopic (exact) mass is 594 g/mol. The van der Waals surface area contributed by atoms with Crippen LogP contribution in [0.25, 0.3) is 0 Å². The first-order chi connectivity index (χ1) is 17.9. The van der Waals surface area contributed by atoms with Crippen LogP contribution in [-0.2, 0) is 14.8 Å². The van der Waals surface area contributed by atoms with Crippen LogP contribution < -0.4 is 14.2 Å². The number of likely N-dealkylation sites (tertiary alicyclic amines) is 1. The van der Waals surface area contributed by atoms with Crippen LogP contribution in [0.5, 0.6) is 11.5 Å². The fourth-order valence-corrected chi connectivity index (χ4v) is 6.23. The lowest BCUT2D eigenvalue weighted by atomic mass is 9.84. The molecular weight excluding hydrogens is 568 g/mol. The number of alkyl halides is 3. The standard InChI is InChI=1S/C25H27Cl2F3N2O5S/c26-22-10-7-20(15-23(22)27)36-18-11-13-32(14-12-18)17-3-1-16(2-4-17)24(33)31-38(34,35)21-8-5-19(6-9-21)37-25(28,29)30/h5-10,15-18H,1-4,11-14H2,(H,31,33)/t16-,17-. The Morgan fingerprint density at radius 3 is 2.08 bits per heavy atom. The van der Waals surface area contributed by atoms with E-state index >= 15 is 0 Å². The van der Waals surface area contributed by atoms with Crippen molar-refractivity contribution in [3.05, 3.63) is 52.5 Å². The Morgan fingerprint density at radius 2 is 1.50 bits per heavy atom. The van der Waals surface area contributed by atoms with Gasteiger partial charge in [0.05, 0.1) is 14.9 Å². The predicted octanol–water partition coefficient (Wildman–Crippen LogP) is 5.80. The fourth-order valence-electron chi connectivity index (χ4n) is 4.90. The van der Waals surface area contributed by atoms with Gasteiger partial charge >= 0.3 is 6.36 Å². The molecule has 1 aliphatic carbocycles. The number of carbonyl (C=O) groups is 1. The van der Waals surface area contributed by atoms with E-state index < -0.39 is 34.0 Å². The number of hydrogen-bond donors (Lipinski definition) is 1. The van der Waals surface area contributed by atoms with Gasteiger partial charge in [0, 0.05) is 31.1 Å². The summed E-state index contributed by atoms with van der Waals surface area (Å²) in [5.74, 6) is -0.923. The van der Waals surface area contributed by atoms with Gasteiger partial charge in [0.2, 0.25) is 5.91 Å². The van der Waals surface area contributed by atoms with E-state index in [0.717, 1.165) is 63.0 Å². The van der Waals surface area contributed by atoms with Gasteiger partial charge in [-0.05, 0) is 74.9 Å². The molecule has 0 atom stereocenters. The van der Waals surface area contributed by atoms with Crippen LogP contribution in [0.4, 0.5) is 13.2 Å². The molecule has 1 saturated carbocycles. The number of benzene rings is 2. The first-order valence-corrected chi connectivity index (χ1v) is 14.4. The SMILES string of the molecule is O=C(NS(=O)(=O)c1ccc(OC(F)(F)F)cc1)[C@H]1CC[C@H](N2CCC(Oc3ccc(Cl)c(Cl)c3)CC2)CC1. The van der Waals surface area contributed by atoms with E-state index in [2.05, 4.69) is 14.4 Å². The second-order valence-electron chi connectivity index (χ2n) is 9.42. The maximum Gasteiger partial charge on any atom is 0.573 e. The van der Waals surface area contributed by atoms with Crippen molar-refractivity contribution in [1.82, 2.24) is 9.62 Å². The number of sulfonamides is 1. The summed E-state index contributed by atoms with van der Waals surface area (Å²) in [6, 6.07) is 9.21. The van der Waals surface area contributed by atoms with Gasteiger partial charge in [-0.25, -0.2) is 13.1 Å². The molecule has 0 bridgehead atoms. The molecule has 0 radical (unpaired) electrons. The van der Waals surface area contributed by atoms with Crippen molar-refractivity contribution in [1.29, 1.82) is 0 Å². The molecule has 0 aromatic heterocycles. The Hall–Kier alpha value is -2.21. The summed E-state index contributed by atoms with van der Waals surface area (Å²) in [5, 5.41) is 0.924. The first-order valence-electron chi connectivity index (χ1n) is 12.2. The molecule has 4 rings (SSSR count). The highest BCUT2D eigenvalue weighted by Gasteiger charge is 2.34. The molecule has 1 saturated heterocycles. The van der Waals surface area contributed by atoms with E-state index in [1.807, 2.05) is 0 Å². The van der Waals surface area contributed by atoms with Gasteiger partial charge in [0.25, 0.3) is 10.0 Å². The average Bonchev–Trinajstić information content (AvgIpc) is 2.86. The van der Waals surface area contributed by atoms with Crippen LogP contribution >= 0.6 is 23.2 Å². The second kappa shape index (κ2) is 11.9. The van der Waals surface area contributed by atoms with E-state index in [-0.39, 0.29) is 11.0 Å². The highest BCUT2D eigenvalue weighted by molar-refractivity contribution is 7.90. The van der Waals surface area contributed by atoms with Crippen molar-refractivity contribution >= 4 is 39.1 Å². The summed E-state index contributed by atoms with van der Waals surface area (Å²) in [6.07, 6.45) is -0.487. The van der Waals surface area contributed by atoms with Crippen molar-refractivity contribution in [2.45, 2.75) is 61.9 Å². The summed E-state index contributed by atoms with van der Waals surface area (Å²) in [4.78, 5) is 14.7. The molecule has 1 N–H and O–H groups in total. The topological polar surface area (TPSA) is 84.9 Å². The quantitative estimate of drug-likeness (QED) is 0.436. The third-order valence-corrected chi connectivity index (χ3v) is 8.96. The van der Waals surface area contributed by atoms with Gasteiger partial charge < -0.3 is 14.4 Å². The Labute approximate surface area is 229 Å². The third-order valence-electron chi connectivity index (χ3n) is 6.86. The average molecular weight is 595 g/mol. The summed E-state index contributed by atoms with van der Waals surface area (Å²) in [6.45, 7) is 1.71. The minimum absolute atomic E-state index is 0.0740. The smallest absolute Gasteiger partial charge is 0.490 e. The Balaban J connectivity index is 1.22. The maximum atomic E-state index is 12.7. The first kappa shape index (κ1) is 28.8. The van der Waals surface area contributed by atoms with Crippen molar-refractivity contribution in [2.75, 3.05) is 13.1 Å². The van der Waals surface area contributed by atoms with E-state index in [1.54, 1.807) is 18.2 Å². The molecule has 7 nitrogen and oxygen atoms in total. The van der Waals surface area contributed by atoms with Crippen LogP contribution in [-0.4, -0.2) is 50.8 Å². The molecule has 1 amide bonds. The maximum absolute atomic E-state index is 12.7. The molecule has 2 aromatic rings. The molecular formula is C25H27Cl2F3N2O5S. The molecule has 0 unspecified atom stereocenters. The van der Waals surface area contributed by atoms with Gasteiger partial charge in [-0.1, -0.05) is 23.2 Å². The zero-order chi connectivity index (χ0) is 27.5. The van der Waals surface area contributed by atoms with Crippen molar-refractivity contribution in [2.24, 2.45) is 5.92 Å². The highest BCUT2D eigenvalue weighted by atomic mass is 35.5. The van der Waals surface area contributed by atoms with Crippen molar-refractivity contribution in [3.8, 4) is 11.5 Å². The number of nitrogens with one attached hydrogen (secondary N) is 1. The number of piperidine rings is 1.